The molecule has 0 unspecified atom stereocenters. The first-order chi connectivity index (χ1) is 18.8. The van der Waals surface area contributed by atoms with E-state index in [0.717, 1.165) is 5.56 Å². The van der Waals surface area contributed by atoms with Crippen LogP contribution in [-0.2, 0) is 28.7 Å². The number of nitrogens with zero attached hydrogens (tertiary/aromatic N) is 2. The van der Waals surface area contributed by atoms with E-state index in [1.165, 1.54) is 4.90 Å². The summed E-state index contributed by atoms with van der Waals surface area (Å²) in [4.78, 5) is 57.2. The molecular formula is C29H35N3O7. The molecule has 6 atom stereocenters. The molecule has 2 fully saturated rings. The molecule has 0 aromatic heterocycles. The molecular weight excluding hydrogens is 502 g/mol. The number of carbonyl (C=O) groups excluding carboxylic acids is 4. The molecule has 4 aliphatic heterocycles. The van der Waals surface area contributed by atoms with E-state index >= 15 is 0 Å². The number of nitrogens with one attached hydrogen (secondary N) is 1. The molecule has 10 heteroatoms. The van der Waals surface area contributed by atoms with Gasteiger partial charge in [-0.2, -0.15) is 0 Å². The largest absolute Gasteiger partial charge is 0.463 e. The van der Waals surface area contributed by atoms with Crippen molar-refractivity contribution in [2.45, 2.75) is 56.5 Å². The van der Waals surface area contributed by atoms with E-state index in [9.17, 15) is 24.3 Å². The second-order valence-corrected chi connectivity index (χ2v) is 10.7. The molecule has 0 radical (unpaired) electrons. The van der Waals surface area contributed by atoms with E-state index in [1.54, 1.807) is 17.1 Å². The molecule has 5 rings (SSSR count). The van der Waals surface area contributed by atoms with Gasteiger partial charge in [-0.15, -0.1) is 0 Å². The van der Waals surface area contributed by atoms with Crippen LogP contribution in [0.4, 0.5) is 0 Å². The normalized spacial score (nSPS) is 33.9. The number of benzene rings is 1. The highest BCUT2D eigenvalue weighted by molar-refractivity contribution is 6.00. The molecule has 1 aromatic carbocycles. The molecule has 3 amide bonds. The average Bonchev–Trinajstić information content (AvgIpc) is 3.56. The van der Waals surface area contributed by atoms with E-state index in [0.29, 0.717) is 6.42 Å². The van der Waals surface area contributed by atoms with Gasteiger partial charge in [0.15, 0.2) is 0 Å². The van der Waals surface area contributed by atoms with Crippen LogP contribution in [0.25, 0.3) is 0 Å². The fourth-order valence-electron chi connectivity index (χ4n) is 6.24. The van der Waals surface area contributed by atoms with Gasteiger partial charge in [-0.25, -0.2) is 0 Å². The van der Waals surface area contributed by atoms with Crippen LogP contribution in [0, 0.1) is 11.8 Å². The molecule has 0 saturated carbocycles. The summed E-state index contributed by atoms with van der Waals surface area (Å²) in [5.74, 6) is -3.32. The second-order valence-electron chi connectivity index (χ2n) is 10.7. The lowest BCUT2D eigenvalue weighted by atomic mass is 9.74. The molecule has 4 heterocycles. The molecule has 1 aromatic rings. The van der Waals surface area contributed by atoms with Gasteiger partial charge >= 0.3 is 5.97 Å². The van der Waals surface area contributed by atoms with Gasteiger partial charge in [0, 0.05) is 25.6 Å². The summed E-state index contributed by atoms with van der Waals surface area (Å²) in [6, 6.07) is 7.35. The van der Waals surface area contributed by atoms with Gasteiger partial charge in [-0.3, -0.25) is 19.2 Å². The predicted octanol–water partition coefficient (Wildman–Crippen LogP) is 1.12. The van der Waals surface area contributed by atoms with Crippen LogP contribution >= 0.6 is 0 Å². The van der Waals surface area contributed by atoms with Gasteiger partial charge in [-0.05, 0) is 25.8 Å². The van der Waals surface area contributed by atoms with E-state index in [1.807, 2.05) is 56.3 Å². The Labute approximate surface area is 227 Å². The maximum atomic E-state index is 14.1. The standard InChI is InChI=1S/C29H35N3O7/c1-18(2)31-14-8-4-7-11-22(34)38-17-20(19-9-5-3-6-10-19)30-26(35)23-21-12-13-29(39-21)24(23)27(36)32(15-16-33)25(29)28(31)37/h3-6,8-10,12-13,18,20-21,23-25,33H,7,11,14-17H2,1-2H3,(H,30,35)/b8-4-/t20-,21-,23+,24+,25-,29+/m0/s1. The fourth-order valence-corrected chi connectivity index (χ4v) is 6.24. The molecule has 10 nitrogen and oxygen atoms in total. The summed E-state index contributed by atoms with van der Waals surface area (Å²) in [5.41, 5.74) is -0.554. The maximum absolute atomic E-state index is 14.1. The van der Waals surface area contributed by atoms with Crippen molar-refractivity contribution >= 4 is 23.7 Å². The third-order valence-electron chi connectivity index (χ3n) is 8.07. The van der Waals surface area contributed by atoms with E-state index < -0.39 is 53.4 Å². The maximum Gasteiger partial charge on any atom is 0.306 e. The number of rotatable bonds is 4. The average molecular weight is 538 g/mol. The number of hydrogen-bond acceptors (Lipinski definition) is 7. The first-order valence-electron chi connectivity index (χ1n) is 13.5. The summed E-state index contributed by atoms with van der Waals surface area (Å²) >= 11 is 0. The minimum atomic E-state index is -1.31. The highest BCUT2D eigenvalue weighted by Gasteiger charge is 2.73. The Morgan fingerprint density at radius 1 is 1.10 bits per heavy atom. The Morgan fingerprint density at radius 2 is 1.87 bits per heavy atom. The third-order valence-corrected chi connectivity index (χ3v) is 8.07. The molecule has 2 N–H and O–H groups in total. The Hall–Kier alpha value is -3.50. The molecule has 4 aliphatic rings. The van der Waals surface area contributed by atoms with Crippen LogP contribution < -0.4 is 5.32 Å². The number of β-amino-alcohol motifs (C(OH)–C–C–N with tert-alkyl or cyclic N) is 1. The monoisotopic (exact) mass is 537 g/mol. The summed E-state index contributed by atoms with van der Waals surface area (Å²) in [6.45, 7) is 3.61. The number of fused-ring (bicyclic) bond motifs is 2. The van der Waals surface area contributed by atoms with Crippen LogP contribution in [0.1, 0.15) is 38.3 Å². The lowest BCUT2D eigenvalue weighted by Crippen LogP contribution is -2.57. The molecule has 0 aliphatic carbocycles. The molecule has 5 bridgehead atoms. The van der Waals surface area contributed by atoms with E-state index in [2.05, 4.69) is 5.32 Å². The number of allylic oxidation sites excluding steroid dienone is 1. The Morgan fingerprint density at radius 3 is 2.59 bits per heavy atom. The van der Waals surface area contributed by atoms with Gasteiger partial charge in [0.05, 0.1) is 30.6 Å². The highest BCUT2D eigenvalue weighted by atomic mass is 16.5. The molecule has 2 saturated heterocycles. The lowest BCUT2D eigenvalue weighted by molar-refractivity contribution is -0.149. The number of likely N-dealkylation sites (tertiary alicyclic amines) is 1. The zero-order chi connectivity index (χ0) is 27.7. The second kappa shape index (κ2) is 10.9. The first kappa shape index (κ1) is 27.1. The smallest absolute Gasteiger partial charge is 0.306 e. The predicted molar refractivity (Wildman–Crippen MR) is 140 cm³/mol. The van der Waals surface area contributed by atoms with Gasteiger partial charge in [0.2, 0.25) is 17.7 Å². The molecule has 208 valence electrons. The van der Waals surface area contributed by atoms with Crippen molar-refractivity contribution in [3.05, 3.63) is 60.2 Å². The summed E-state index contributed by atoms with van der Waals surface area (Å²) < 4.78 is 11.9. The number of amides is 3. The third kappa shape index (κ3) is 4.76. The number of aliphatic hydroxyl groups excluding tert-OH is 1. The van der Waals surface area contributed by atoms with Crippen molar-refractivity contribution in [2.75, 3.05) is 26.3 Å². The Bertz CT molecular complexity index is 1180. The van der Waals surface area contributed by atoms with Crippen molar-refractivity contribution in [3.8, 4) is 0 Å². The van der Waals surface area contributed by atoms with Crippen LogP contribution in [0.5, 0.6) is 0 Å². The Kier molecular flexibility index (Phi) is 7.59. The lowest BCUT2D eigenvalue weighted by Gasteiger charge is -2.37. The zero-order valence-corrected chi connectivity index (χ0v) is 22.2. The highest BCUT2D eigenvalue weighted by Crippen LogP contribution is 2.55. The van der Waals surface area contributed by atoms with Gasteiger partial charge < -0.3 is 29.7 Å². The summed E-state index contributed by atoms with van der Waals surface area (Å²) in [7, 11) is 0. The van der Waals surface area contributed by atoms with Crippen LogP contribution in [0.15, 0.2) is 54.6 Å². The summed E-state index contributed by atoms with van der Waals surface area (Å²) in [6.07, 6.45) is 7.08. The van der Waals surface area contributed by atoms with Gasteiger partial charge in [0.25, 0.3) is 0 Å². The first-order valence-corrected chi connectivity index (χ1v) is 13.5. The van der Waals surface area contributed by atoms with Gasteiger partial charge in [-0.1, -0.05) is 54.6 Å². The number of cyclic esters (lactones) is 1. The fraction of sp³-hybridized carbons (Fsp3) is 0.517. The zero-order valence-electron chi connectivity index (χ0n) is 22.2. The van der Waals surface area contributed by atoms with Gasteiger partial charge in [0.1, 0.15) is 18.2 Å². The number of ether oxygens (including phenoxy) is 2. The topological polar surface area (TPSA) is 125 Å². The van der Waals surface area contributed by atoms with Crippen molar-refractivity contribution in [3.63, 3.8) is 0 Å². The molecule has 39 heavy (non-hydrogen) atoms. The van der Waals surface area contributed by atoms with Crippen LogP contribution in [0.3, 0.4) is 0 Å². The Balaban J connectivity index is 1.55. The van der Waals surface area contributed by atoms with Crippen LogP contribution in [0.2, 0.25) is 0 Å². The van der Waals surface area contributed by atoms with E-state index in [-0.39, 0.29) is 44.7 Å². The summed E-state index contributed by atoms with van der Waals surface area (Å²) in [5, 5.41) is 12.8. The van der Waals surface area contributed by atoms with Crippen molar-refractivity contribution in [1.82, 2.24) is 15.1 Å². The SMILES string of the molecule is CC(C)N1C/C=C\CCC(=O)OC[C@@H](c2ccccc2)NC(=O)[C@@H]2[C@@H]3C=C[C@]4(O3)[C@H](C1=O)N(CCO)C(=O)[C@@H]24. The number of carbonyl (C=O) groups is 4. The van der Waals surface area contributed by atoms with Crippen LogP contribution in [-0.4, -0.2) is 88.7 Å². The number of esters is 1. The number of aliphatic hydroxyl groups is 1. The minimum Gasteiger partial charge on any atom is -0.463 e. The van der Waals surface area contributed by atoms with Crippen molar-refractivity contribution in [1.29, 1.82) is 0 Å². The quantitative estimate of drug-likeness (QED) is 0.436. The molecule has 1 spiro atoms. The minimum absolute atomic E-state index is 0.0476. The van der Waals surface area contributed by atoms with Crippen molar-refractivity contribution < 1.29 is 33.8 Å². The van der Waals surface area contributed by atoms with E-state index in [4.69, 9.17) is 9.47 Å². The van der Waals surface area contributed by atoms with Crippen molar-refractivity contribution in [2.24, 2.45) is 11.8 Å². The number of hydrogen-bond donors (Lipinski definition) is 2.